The van der Waals surface area contributed by atoms with Crippen LogP contribution in [0.25, 0.3) is 0 Å². The molecule has 134 valence electrons. The van der Waals surface area contributed by atoms with Crippen LogP contribution in [-0.2, 0) is 4.79 Å². The second-order valence-electron chi connectivity index (χ2n) is 4.62. The number of ether oxygens (including phenoxy) is 3. The third-order valence-corrected chi connectivity index (χ3v) is 2.93. The van der Waals surface area contributed by atoms with E-state index in [1.807, 2.05) is 0 Å². The molecule has 0 spiro atoms. The first-order chi connectivity index (χ1) is 11.5. The van der Waals surface area contributed by atoms with Crippen LogP contribution < -0.4 is 19.5 Å². The monoisotopic (exact) mass is 343 g/mol. The van der Waals surface area contributed by atoms with Crippen molar-refractivity contribution >= 4 is 11.9 Å². The van der Waals surface area contributed by atoms with E-state index in [2.05, 4.69) is 5.32 Å². The number of carbonyl (C=O) groups is 2. The fourth-order valence-corrected chi connectivity index (χ4v) is 1.93. The number of carboxylic acid groups (broad SMARTS) is 1. The molecule has 1 aromatic carbocycles. The smallest absolute Gasteiger partial charge is 0.328 e. The number of alkyl halides is 1. The number of nitrogens with one attached hydrogen (secondary N) is 1. The van der Waals surface area contributed by atoms with Crippen LogP contribution in [-0.4, -0.2) is 49.5 Å². The average molecular weight is 343 g/mol. The van der Waals surface area contributed by atoms with Crippen LogP contribution in [0.2, 0.25) is 0 Å². The molecule has 1 rings (SSSR count). The van der Waals surface area contributed by atoms with Crippen molar-refractivity contribution in [1.29, 1.82) is 0 Å². The number of carboxylic acids is 1. The van der Waals surface area contributed by atoms with Gasteiger partial charge in [-0.1, -0.05) is 0 Å². The van der Waals surface area contributed by atoms with E-state index < -0.39 is 24.6 Å². The maximum absolute atomic E-state index is 12.7. The molecule has 1 atom stereocenters. The standard InChI is InChI=1S/C16H22FNO6/c1-4-22-12-7-10(15(19)18-11(9-17)16(20)21)8-13(23-5-2)14(12)24-6-3/h7-8,11H,4-6,9H2,1-3H3,(H,18,19)(H,20,21). The molecule has 0 fully saturated rings. The highest BCUT2D eigenvalue weighted by molar-refractivity contribution is 5.97. The van der Waals surface area contributed by atoms with Gasteiger partial charge in [-0.25, -0.2) is 9.18 Å². The zero-order valence-corrected chi connectivity index (χ0v) is 13.9. The molecule has 1 amide bonds. The van der Waals surface area contributed by atoms with Gasteiger partial charge in [-0.3, -0.25) is 4.79 Å². The van der Waals surface area contributed by atoms with Crippen LogP contribution in [0.15, 0.2) is 12.1 Å². The van der Waals surface area contributed by atoms with Gasteiger partial charge in [0.15, 0.2) is 17.5 Å². The van der Waals surface area contributed by atoms with Gasteiger partial charge >= 0.3 is 5.97 Å². The summed E-state index contributed by atoms with van der Waals surface area (Å²) >= 11 is 0. The van der Waals surface area contributed by atoms with Crippen molar-refractivity contribution in [3.63, 3.8) is 0 Å². The molecule has 1 unspecified atom stereocenters. The Morgan fingerprint density at radius 1 is 1.08 bits per heavy atom. The first-order valence-electron chi connectivity index (χ1n) is 7.64. The van der Waals surface area contributed by atoms with Gasteiger partial charge in [0.1, 0.15) is 6.67 Å². The number of amides is 1. The molecule has 0 aliphatic rings. The van der Waals surface area contributed by atoms with Gasteiger partial charge < -0.3 is 24.6 Å². The van der Waals surface area contributed by atoms with Gasteiger partial charge in [-0.2, -0.15) is 0 Å². The number of benzene rings is 1. The SMILES string of the molecule is CCOc1cc(C(=O)NC(CF)C(=O)O)cc(OCC)c1OCC. The molecule has 0 aromatic heterocycles. The number of hydrogen-bond acceptors (Lipinski definition) is 5. The Morgan fingerprint density at radius 3 is 1.96 bits per heavy atom. The van der Waals surface area contributed by atoms with Crippen LogP contribution in [0.1, 0.15) is 31.1 Å². The van der Waals surface area contributed by atoms with Crippen LogP contribution in [0, 0.1) is 0 Å². The second-order valence-corrected chi connectivity index (χ2v) is 4.62. The minimum atomic E-state index is -1.62. The molecule has 8 heteroatoms. The third kappa shape index (κ3) is 5.00. The summed E-state index contributed by atoms with van der Waals surface area (Å²) in [7, 11) is 0. The first kappa shape index (κ1) is 19.5. The molecular weight excluding hydrogens is 321 g/mol. The maximum atomic E-state index is 12.7. The predicted octanol–water partition coefficient (Wildman–Crippen LogP) is 2.04. The molecule has 0 aliphatic carbocycles. The third-order valence-electron chi connectivity index (χ3n) is 2.93. The van der Waals surface area contributed by atoms with E-state index in [4.69, 9.17) is 19.3 Å². The molecule has 0 radical (unpaired) electrons. The number of aliphatic carboxylic acids is 1. The summed E-state index contributed by atoms with van der Waals surface area (Å²) in [6, 6.07) is 1.20. The minimum Gasteiger partial charge on any atom is -0.490 e. The number of carbonyl (C=O) groups excluding carboxylic acids is 1. The summed E-state index contributed by atoms with van der Waals surface area (Å²) in [5.41, 5.74) is 0.0880. The number of hydrogen-bond donors (Lipinski definition) is 2. The number of halogens is 1. The summed E-state index contributed by atoms with van der Waals surface area (Å²) in [5.74, 6) is -1.25. The van der Waals surface area contributed by atoms with Crippen molar-refractivity contribution in [3.05, 3.63) is 17.7 Å². The molecule has 0 saturated heterocycles. The molecule has 0 aliphatic heterocycles. The van der Waals surface area contributed by atoms with Crippen molar-refractivity contribution in [3.8, 4) is 17.2 Å². The van der Waals surface area contributed by atoms with E-state index in [-0.39, 0.29) is 5.56 Å². The van der Waals surface area contributed by atoms with E-state index in [9.17, 15) is 14.0 Å². The lowest BCUT2D eigenvalue weighted by molar-refractivity contribution is -0.139. The lowest BCUT2D eigenvalue weighted by atomic mass is 10.1. The van der Waals surface area contributed by atoms with Crippen molar-refractivity contribution in [2.45, 2.75) is 26.8 Å². The Labute approximate surface area is 139 Å². The van der Waals surface area contributed by atoms with E-state index >= 15 is 0 Å². The summed E-state index contributed by atoms with van der Waals surface area (Å²) in [4.78, 5) is 23.1. The van der Waals surface area contributed by atoms with Crippen LogP contribution in [0.3, 0.4) is 0 Å². The Balaban J connectivity index is 3.22. The van der Waals surface area contributed by atoms with Gasteiger partial charge in [0.25, 0.3) is 5.91 Å². The fourth-order valence-electron chi connectivity index (χ4n) is 1.93. The largest absolute Gasteiger partial charge is 0.490 e. The van der Waals surface area contributed by atoms with E-state index in [1.165, 1.54) is 12.1 Å². The van der Waals surface area contributed by atoms with E-state index in [0.717, 1.165) is 0 Å². The molecular formula is C16H22FNO6. The zero-order valence-electron chi connectivity index (χ0n) is 13.9. The highest BCUT2D eigenvalue weighted by Crippen LogP contribution is 2.39. The number of rotatable bonds is 10. The summed E-state index contributed by atoms with van der Waals surface area (Å²) < 4.78 is 29.1. The van der Waals surface area contributed by atoms with E-state index in [0.29, 0.717) is 37.1 Å². The van der Waals surface area contributed by atoms with Crippen molar-refractivity contribution < 1.29 is 33.3 Å². The lowest BCUT2D eigenvalue weighted by Crippen LogP contribution is -2.42. The molecule has 0 saturated carbocycles. The summed E-state index contributed by atoms with van der Waals surface area (Å²) in [6.45, 7) is 5.16. The molecule has 0 bridgehead atoms. The topological polar surface area (TPSA) is 94.1 Å². The molecule has 0 heterocycles. The fraction of sp³-hybridized carbons (Fsp3) is 0.500. The maximum Gasteiger partial charge on any atom is 0.328 e. The zero-order chi connectivity index (χ0) is 18.1. The quantitative estimate of drug-likeness (QED) is 0.675. The normalized spacial score (nSPS) is 11.5. The van der Waals surface area contributed by atoms with Gasteiger partial charge in [-0.15, -0.1) is 0 Å². The lowest BCUT2D eigenvalue weighted by Gasteiger charge is -2.17. The van der Waals surface area contributed by atoms with Gasteiger partial charge in [0.2, 0.25) is 5.75 Å². The Kier molecular flexibility index (Phi) is 7.81. The van der Waals surface area contributed by atoms with Gasteiger partial charge in [0.05, 0.1) is 19.8 Å². The average Bonchev–Trinajstić information content (AvgIpc) is 2.55. The molecule has 7 nitrogen and oxygen atoms in total. The van der Waals surface area contributed by atoms with E-state index in [1.54, 1.807) is 20.8 Å². The Hall–Kier alpha value is -2.51. The molecule has 2 N–H and O–H groups in total. The highest BCUT2D eigenvalue weighted by Gasteiger charge is 2.23. The van der Waals surface area contributed by atoms with Crippen molar-refractivity contribution in [1.82, 2.24) is 5.32 Å². The minimum absolute atomic E-state index is 0.0880. The summed E-state index contributed by atoms with van der Waals surface area (Å²) in [6.07, 6.45) is 0. The van der Waals surface area contributed by atoms with Crippen LogP contribution in [0.4, 0.5) is 4.39 Å². The predicted molar refractivity (Wildman–Crippen MR) is 84.8 cm³/mol. The Morgan fingerprint density at radius 2 is 1.58 bits per heavy atom. The van der Waals surface area contributed by atoms with Gasteiger partial charge in [-0.05, 0) is 32.9 Å². The van der Waals surface area contributed by atoms with Crippen LogP contribution >= 0.6 is 0 Å². The van der Waals surface area contributed by atoms with Crippen molar-refractivity contribution in [2.75, 3.05) is 26.5 Å². The highest BCUT2D eigenvalue weighted by atomic mass is 19.1. The Bertz CT molecular complexity index is 551. The first-order valence-corrected chi connectivity index (χ1v) is 7.64. The summed E-state index contributed by atoms with van der Waals surface area (Å²) in [5, 5.41) is 10.9. The second kappa shape index (κ2) is 9.59. The molecule has 1 aromatic rings. The van der Waals surface area contributed by atoms with Crippen LogP contribution in [0.5, 0.6) is 17.2 Å². The van der Waals surface area contributed by atoms with Crippen molar-refractivity contribution in [2.24, 2.45) is 0 Å². The molecule has 24 heavy (non-hydrogen) atoms. The van der Waals surface area contributed by atoms with Gasteiger partial charge in [0, 0.05) is 5.56 Å².